The fraction of sp³-hybridized carbons (Fsp3) is 0. The lowest BCUT2D eigenvalue weighted by Gasteiger charge is -1.87. The van der Waals surface area contributed by atoms with Crippen molar-refractivity contribution in [1.29, 1.82) is 0 Å². The molecule has 2 nitrogen and oxygen atoms in total. The van der Waals surface area contributed by atoms with Crippen LogP contribution in [0.15, 0.2) is 41.6 Å². The molecule has 0 aliphatic rings. The second-order valence-corrected chi connectivity index (χ2v) is 2.86. The van der Waals surface area contributed by atoms with Crippen molar-refractivity contribution in [3.63, 3.8) is 0 Å². The quantitative estimate of drug-likeness (QED) is 0.588. The van der Waals surface area contributed by atoms with Crippen molar-refractivity contribution in [2.75, 3.05) is 0 Å². The van der Waals surface area contributed by atoms with Gasteiger partial charge in [0.05, 0.1) is 0 Å². The third-order valence-corrected chi connectivity index (χ3v) is 2.14. The fourth-order valence-corrected chi connectivity index (χ4v) is 1.47. The largest absolute Gasteiger partial charge is 0.507 e. The molecule has 11 heavy (non-hydrogen) atoms. The standard InChI is InChI=1S/C8H6NOS/c10-11-8-4-6-9-5-2-1-3-7(8)9/h1-6H/q+1. The molecule has 0 aliphatic heterocycles. The predicted octanol–water partition coefficient (Wildman–Crippen LogP) is 1.73. The molecule has 2 rings (SSSR count). The first-order valence-corrected chi connectivity index (χ1v) is 4.01. The Labute approximate surface area is 68.0 Å². The normalized spacial score (nSPS) is 10.2. The lowest BCUT2D eigenvalue weighted by molar-refractivity contribution is 0.605. The molecule has 0 saturated carbocycles. The Bertz CT molecular complexity index is 394. The molecule has 2 aromatic rings. The van der Waals surface area contributed by atoms with Crippen LogP contribution in [0.1, 0.15) is 0 Å². The van der Waals surface area contributed by atoms with Gasteiger partial charge >= 0.3 is 16.6 Å². The highest BCUT2D eigenvalue weighted by Crippen LogP contribution is 2.11. The Kier molecular flexibility index (Phi) is 1.43. The van der Waals surface area contributed by atoms with Gasteiger partial charge in [-0.15, -0.1) is 0 Å². The van der Waals surface area contributed by atoms with Crippen molar-refractivity contribution < 1.29 is 4.21 Å². The average molecular weight is 164 g/mol. The summed E-state index contributed by atoms with van der Waals surface area (Å²) in [6.45, 7) is 0. The van der Waals surface area contributed by atoms with E-state index in [0.29, 0.717) is 11.7 Å². The van der Waals surface area contributed by atoms with Gasteiger partial charge < -0.3 is 4.40 Å². The topological polar surface area (TPSA) is 21.5 Å². The lowest BCUT2D eigenvalue weighted by Crippen LogP contribution is -1.78. The van der Waals surface area contributed by atoms with Gasteiger partial charge in [0.2, 0.25) is 0 Å². The minimum Gasteiger partial charge on any atom is -0.319 e. The van der Waals surface area contributed by atoms with Gasteiger partial charge in [0, 0.05) is 22.7 Å². The molecule has 3 heteroatoms. The Hall–Kier alpha value is -1.22. The number of nitrogens with zero attached hydrogens (tertiary/aromatic N) is 1. The Morgan fingerprint density at radius 2 is 2.09 bits per heavy atom. The van der Waals surface area contributed by atoms with Gasteiger partial charge in [-0.3, -0.25) is 0 Å². The highest BCUT2D eigenvalue weighted by atomic mass is 32.1. The van der Waals surface area contributed by atoms with Gasteiger partial charge in [-0.1, -0.05) is 6.07 Å². The maximum absolute atomic E-state index is 10.5. The van der Waals surface area contributed by atoms with E-state index in [0.717, 1.165) is 10.4 Å². The molecule has 0 aromatic carbocycles. The molecule has 0 spiro atoms. The van der Waals surface area contributed by atoms with Gasteiger partial charge in [0.25, 0.3) is 0 Å². The van der Waals surface area contributed by atoms with Crippen molar-refractivity contribution in [3.05, 3.63) is 36.7 Å². The van der Waals surface area contributed by atoms with Crippen molar-refractivity contribution in [2.45, 2.75) is 4.90 Å². The Morgan fingerprint density at radius 1 is 1.18 bits per heavy atom. The number of fused-ring (bicyclic) bond motifs is 1. The van der Waals surface area contributed by atoms with Crippen LogP contribution in [0.25, 0.3) is 5.52 Å². The second kappa shape index (κ2) is 2.43. The summed E-state index contributed by atoms with van der Waals surface area (Å²) in [4.78, 5) is 0.783. The molecule has 54 valence electrons. The number of hydrogen-bond donors (Lipinski definition) is 0. The van der Waals surface area contributed by atoms with E-state index >= 15 is 0 Å². The fourth-order valence-electron chi connectivity index (χ4n) is 1.10. The van der Waals surface area contributed by atoms with Crippen molar-refractivity contribution in [2.24, 2.45) is 0 Å². The van der Waals surface area contributed by atoms with E-state index in [1.54, 1.807) is 0 Å². The van der Waals surface area contributed by atoms with Gasteiger partial charge in [-0.25, -0.2) is 0 Å². The molecular weight excluding hydrogens is 158 g/mol. The van der Waals surface area contributed by atoms with E-state index in [2.05, 4.69) is 0 Å². The van der Waals surface area contributed by atoms with E-state index in [-0.39, 0.29) is 0 Å². The molecule has 0 aliphatic carbocycles. The Balaban J connectivity index is 2.86. The number of aromatic nitrogens is 1. The smallest absolute Gasteiger partial charge is 0.319 e. The zero-order chi connectivity index (χ0) is 7.68. The summed E-state index contributed by atoms with van der Waals surface area (Å²) in [6, 6.07) is 7.62. The molecule has 0 radical (unpaired) electrons. The van der Waals surface area contributed by atoms with Crippen LogP contribution in [0.5, 0.6) is 0 Å². The lowest BCUT2D eigenvalue weighted by atomic mass is 10.4. The van der Waals surface area contributed by atoms with Crippen LogP contribution < -0.4 is 0 Å². The van der Waals surface area contributed by atoms with Gasteiger partial charge in [-0.2, -0.15) is 0 Å². The molecular formula is C8H6NOS+. The minimum atomic E-state index is 0.534. The first-order chi connectivity index (χ1) is 5.42. The highest BCUT2D eigenvalue weighted by Gasteiger charge is 2.11. The van der Waals surface area contributed by atoms with Crippen LogP contribution in [-0.4, -0.2) is 4.40 Å². The highest BCUT2D eigenvalue weighted by molar-refractivity contribution is 7.65. The summed E-state index contributed by atoms with van der Waals surface area (Å²) in [5.41, 5.74) is 0.979. The van der Waals surface area contributed by atoms with Crippen molar-refractivity contribution in [1.82, 2.24) is 4.40 Å². The van der Waals surface area contributed by atoms with E-state index in [4.69, 9.17) is 0 Å². The summed E-state index contributed by atoms with van der Waals surface area (Å²) in [7, 11) is 0. The minimum absolute atomic E-state index is 0.534. The molecule has 0 unspecified atom stereocenters. The van der Waals surface area contributed by atoms with Crippen LogP contribution >= 0.6 is 0 Å². The monoisotopic (exact) mass is 164 g/mol. The summed E-state index contributed by atoms with van der Waals surface area (Å²) in [5.74, 6) is 0. The summed E-state index contributed by atoms with van der Waals surface area (Å²) >= 11 is 0.534. The average Bonchev–Trinajstić information content (AvgIpc) is 2.47. The van der Waals surface area contributed by atoms with Crippen molar-refractivity contribution in [3.8, 4) is 0 Å². The first-order valence-electron chi connectivity index (χ1n) is 3.27. The molecule has 2 aromatic heterocycles. The van der Waals surface area contributed by atoms with E-state index in [1.807, 2.05) is 41.1 Å². The summed E-state index contributed by atoms with van der Waals surface area (Å²) < 4.78 is 12.4. The number of pyridine rings is 1. The maximum atomic E-state index is 10.5. The van der Waals surface area contributed by atoms with Crippen LogP contribution in [0.2, 0.25) is 0 Å². The zero-order valence-electron chi connectivity index (χ0n) is 5.73. The third kappa shape index (κ3) is 0.935. The van der Waals surface area contributed by atoms with E-state index < -0.39 is 0 Å². The molecule has 0 amide bonds. The summed E-state index contributed by atoms with van der Waals surface area (Å²) in [6.07, 6.45) is 3.81. The molecule has 0 saturated heterocycles. The SMILES string of the molecule is O=[S+]c1ccn2ccccc12. The molecule has 0 fully saturated rings. The van der Waals surface area contributed by atoms with Crippen molar-refractivity contribution >= 4 is 17.2 Å². The summed E-state index contributed by atoms with van der Waals surface area (Å²) in [5, 5.41) is 0. The van der Waals surface area contributed by atoms with E-state index in [9.17, 15) is 4.21 Å². The molecule has 0 bridgehead atoms. The molecule has 0 atom stereocenters. The van der Waals surface area contributed by atoms with Gasteiger partial charge in [-0.05, 0) is 12.1 Å². The van der Waals surface area contributed by atoms with Gasteiger partial charge in [0.1, 0.15) is 5.52 Å². The number of rotatable bonds is 1. The molecule has 0 N–H and O–H groups in total. The van der Waals surface area contributed by atoms with Crippen LogP contribution in [-0.2, 0) is 15.9 Å². The van der Waals surface area contributed by atoms with Crippen LogP contribution in [0, 0.1) is 0 Å². The van der Waals surface area contributed by atoms with Crippen LogP contribution in [0.3, 0.4) is 0 Å². The molecule has 2 heterocycles. The van der Waals surface area contributed by atoms with Crippen LogP contribution in [0.4, 0.5) is 0 Å². The third-order valence-electron chi connectivity index (χ3n) is 1.62. The van der Waals surface area contributed by atoms with E-state index in [1.165, 1.54) is 0 Å². The zero-order valence-corrected chi connectivity index (χ0v) is 6.54. The Morgan fingerprint density at radius 3 is 2.91 bits per heavy atom. The van der Waals surface area contributed by atoms with Gasteiger partial charge in [0.15, 0.2) is 0 Å². The maximum Gasteiger partial charge on any atom is 0.507 e. The number of hydrogen-bond acceptors (Lipinski definition) is 1. The second-order valence-electron chi connectivity index (χ2n) is 2.26. The predicted molar refractivity (Wildman–Crippen MR) is 43.7 cm³/mol. The first kappa shape index (κ1) is 6.49.